The number of nitrogens with zero attached hydrogens (tertiary/aromatic N) is 3. The number of nitrogens with one attached hydrogen (secondary N) is 1. The van der Waals surface area contributed by atoms with E-state index < -0.39 is 0 Å². The lowest BCUT2D eigenvalue weighted by Gasteiger charge is -2.44. The maximum absolute atomic E-state index is 12.7. The van der Waals surface area contributed by atoms with Crippen LogP contribution in [0.25, 0.3) is 0 Å². The van der Waals surface area contributed by atoms with Gasteiger partial charge in [-0.15, -0.1) is 11.3 Å². The highest BCUT2D eigenvalue weighted by Gasteiger charge is 2.39. The smallest absolute Gasteiger partial charge is 0.224 e. The molecule has 2 aromatic rings. The summed E-state index contributed by atoms with van der Waals surface area (Å²) >= 11 is 1.74. The van der Waals surface area contributed by atoms with Crippen molar-refractivity contribution in [2.75, 3.05) is 25.5 Å². The summed E-state index contributed by atoms with van der Waals surface area (Å²) in [5.74, 6) is 0.235. The van der Waals surface area contributed by atoms with Gasteiger partial charge in [-0.25, -0.2) is 4.98 Å². The van der Waals surface area contributed by atoms with Gasteiger partial charge < -0.3 is 10.2 Å². The third kappa shape index (κ3) is 3.48. The number of carbonyl (C=O) groups is 1. The number of hydrogen-bond donors (Lipinski definition) is 1. The number of hydrogen-bond acceptors (Lipinski definition) is 5. The number of carbonyl (C=O) groups excluding carboxylic acids is 1. The van der Waals surface area contributed by atoms with Crippen molar-refractivity contribution >= 4 is 22.9 Å². The number of likely N-dealkylation sites (tertiary alicyclic amines) is 1. The van der Waals surface area contributed by atoms with Crippen molar-refractivity contribution in [3.8, 4) is 0 Å². The first-order valence-electron chi connectivity index (χ1n) is 9.26. The molecule has 0 radical (unpaired) electrons. The average molecular weight is 371 g/mol. The molecule has 1 saturated heterocycles. The highest BCUT2D eigenvalue weighted by atomic mass is 32.1. The molecule has 2 aliphatic rings. The van der Waals surface area contributed by atoms with Crippen molar-refractivity contribution < 1.29 is 4.79 Å². The molecular formula is C20H26N4OS. The molecule has 1 N–H and O–H groups in total. The summed E-state index contributed by atoms with van der Waals surface area (Å²) in [6, 6.07) is 8.39. The van der Waals surface area contributed by atoms with Gasteiger partial charge in [-0.3, -0.25) is 9.69 Å². The summed E-state index contributed by atoms with van der Waals surface area (Å²) in [5.41, 5.74) is 5.31. The summed E-state index contributed by atoms with van der Waals surface area (Å²) < 4.78 is 0. The Kier molecular flexibility index (Phi) is 4.71. The van der Waals surface area contributed by atoms with E-state index in [1.807, 2.05) is 23.5 Å². The lowest BCUT2D eigenvalue weighted by Crippen LogP contribution is -2.52. The quantitative estimate of drug-likeness (QED) is 0.881. The number of anilines is 1. The molecule has 0 saturated carbocycles. The molecule has 138 valence electrons. The van der Waals surface area contributed by atoms with Crippen molar-refractivity contribution in [1.82, 2.24) is 14.8 Å². The van der Waals surface area contributed by atoms with Gasteiger partial charge in [0.1, 0.15) is 0 Å². The maximum atomic E-state index is 12.7. The molecule has 1 aromatic heterocycles. The van der Waals surface area contributed by atoms with E-state index in [2.05, 4.69) is 40.3 Å². The number of amides is 1. The molecule has 0 aliphatic carbocycles. The summed E-state index contributed by atoms with van der Waals surface area (Å²) in [5, 5.41) is 3.77. The van der Waals surface area contributed by atoms with E-state index in [-0.39, 0.29) is 11.4 Å². The standard InChI is InChI=1S/C20H26N4OS/c1-15-18(26-14-21-15)13-24-9-7-20(8-10-24)11-19(25)23(2)12-16-5-3-4-6-17(16)22-20/h3-6,14,22H,7-13H2,1-2H3. The third-order valence-corrected chi connectivity index (χ3v) is 6.69. The van der Waals surface area contributed by atoms with Crippen LogP contribution in [0.1, 0.15) is 35.4 Å². The zero-order valence-corrected chi connectivity index (χ0v) is 16.3. The number of benzene rings is 1. The van der Waals surface area contributed by atoms with Gasteiger partial charge in [0.05, 0.1) is 11.2 Å². The number of para-hydroxylation sites is 1. The minimum Gasteiger partial charge on any atom is -0.379 e. The third-order valence-electron chi connectivity index (χ3n) is 5.77. The number of rotatable bonds is 2. The highest BCUT2D eigenvalue weighted by molar-refractivity contribution is 7.09. The van der Waals surface area contributed by atoms with E-state index in [0.29, 0.717) is 13.0 Å². The Morgan fingerprint density at radius 3 is 2.77 bits per heavy atom. The monoisotopic (exact) mass is 370 g/mol. The average Bonchev–Trinajstić information content (AvgIpc) is 3.02. The number of piperidine rings is 1. The van der Waals surface area contributed by atoms with Gasteiger partial charge in [0.15, 0.2) is 0 Å². The minimum absolute atomic E-state index is 0.138. The van der Waals surface area contributed by atoms with Crippen LogP contribution in [0.15, 0.2) is 29.8 Å². The van der Waals surface area contributed by atoms with E-state index in [0.717, 1.165) is 38.2 Å². The molecule has 3 heterocycles. The molecule has 1 fully saturated rings. The van der Waals surface area contributed by atoms with Gasteiger partial charge >= 0.3 is 0 Å². The van der Waals surface area contributed by atoms with E-state index in [4.69, 9.17) is 0 Å². The maximum Gasteiger partial charge on any atom is 0.224 e. The van der Waals surface area contributed by atoms with Gasteiger partial charge in [0.25, 0.3) is 0 Å². The van der Waals surface area contributed by atoms with Gasteiger partial charge in [-0.1, -0.05) is 18.2 Å². The molecule has 0 bridgehead atoms. The number of thiazole rings is 1. The molecule has 5 nitrogen and oxygen atoms in total. The second kappa shape index (κ2) is 7.00. The van der Waals surface area contributed by atoms with Crippen molar-refractivity contribution in [1.29, 1.82) is 0 Å². The molecule has 1 aromatic carbocycles. The molecule has 4 rings (SSSR count). The first-order chi connectivity index (χ1) is 12.5. The first-order valence-corrected chi connectivity index (χ1v) is 10.1. The number of aromatic nitrogens is 1. The molecule has 2 aliphatic heterocycles. The molecule has 26 heavy (non-hydrogen) atoms. The van der Waals surface area contributed by atoms with E-state index in [9.17, 15) is 4.79 Å². The Bertz CT molecular complexity index is 795. The van der Waals surface area contributed by atoms with Crippen molar-refractivity contribution in [2.45, 2.75) is 44.8 Å². The molecule has 0 atom stereocenters. The van der Waals surface area contributed by atoms with Gasteiger partial charge in [-0.2, -0.15) is 0 Å². The van der Waals surface area contributed by atoms with Crippen LogP contribution in [0.4, 0.5) is 5.69 Å². The molecule has 1 amide bonds. The SMILES string of the molecule is Cc1ncsc1CN1CCC2(CC1)CC(=O)N(C)Cc1ccccc1N2. The van der Waals surface area contributed by atoms with Crippen LogP contribution in [0.3, 0.4) is 0 Å². The Morgan fingerprint density at radius 1 is 1.27 bits per heavy atom. The van der Waals surface area contributed by atoms with E-state index in [1.165, 1.54) is 16.1 Å². The lowest BCUT2D eigenvalue weighted by molar-refractivity contribution is -0.132. The lowest BCUT2D eigenvalue weighted by atomic mass is 9.82. The van der Waals surface area contributed by atoms with Crippen molar-refractivity contribution in [3.05, 3.63) is 45.9 Å². The molecular weight excluding hydrogens is 344 g/mol. The minimum atomic E-state index is -0.138. The summed E-state index contributed by atoms with van der Waals surface area (Å²) in [7, 11) is 1.92. The molecule has 1 spiro atoms. The summed E-state index contributed by atoms with van der Waals surface area (Å²) in [6.45, 7) is 5.73. The first kappa shape index (κ1) is 17.5. The fourth-order valence-corrected chi connectivity index (χ4v) is 4.82. The highest BCUT2D eigenvalue weighted by Crippen LogP contribution is 2.35. The number of fused-ring (bicyclic) bond motifs is 1. The largest absolute Gasteiger partial charge is 0.379 e. The van der Waals surface area contributed by atoms with Crippen molar-refractivity contribution in [3.63, 3.8) is 0 Å². The Hall–Kier alpha value is -1.92. The molecule has 0 unspecified atom stereocenters. The Labute approximate surface area is 159 Å². The predicted octanol–water partition coefficient (Wildman–Crippen LogP) is 3.26. The van der Waals surface area contributed by atoms with Crippen LogP contribution in [0.5, 0.6) is 0 Å². The van der Waals surface area contributed by atoms with Crippen LogP contribution in [-0.2, 0) is 17.9 Å². The van der Waals surface area contributed by atoms with Crippen LogP contribution in [-0.4, -0.2) is 46.4 Å². The zero-order chi connectivity index (χ0) is 18.1. The fourth-order valence-electron chi connectivity index (χ4n) is 4.00. The Morgan fingerprint density at radius 2 is 2.04 bits per heavy atom. The van der Waals surface area contributed by atoms with E-state index >= 15 is 0 Å². The van der Waals surface area contributed by atoms with Crippen LogP contribution >= 0.6 is 11.3 Å². The Balaban J connectivity index is 1.51. The van der Waals surface area contributed by atoms with Crippen LogP contribution in [0, 0.1) is 6.92 Å². The van der Waals surface area contributed by atoms with Crippen molar-refractivity contribution in [2.24, 2.45) is 0 Å². The normalized spacial score (nSPS) is 20.4. The van der Waals surface area contributed by atoms with Gasteiger partial charge in [0, 0.05) is 55.8 Å². The summed E-state index contributed by atoms with van der Waals surface area (Å²) in [4.78, 5) is 22.8. The summed E-state index contributed by atoms with van der Waals surface area (Å²) in [6.07, 6.45) is 2.54. The zero-order valence-electron chi connectivity index (χ0n) is 15.5. The van der Waals surface area contributed by atoms with E-state index in [1.54, 1.807) is 11.3 Å². The molecule has 6 heteroatoms. The topological polar surface area (TPSA) is 48.5 Å². The van der Waals surface area contributed by atoms with Crippen LogP contribution in [0.2, 0.25) is 0 Å². The van der Waals surface area contributed by atoms with Gasteiger partial charge in [-0.05, 0) is 31.4 Å². The second-order valence-electron chi connectivity index (χ2n) is 7.63. The fraction of sp³-hybridized carbons (Fsp3) is 0.500. The van der Waals surface area contributed by atoms with Crippen LogP contribution < -0.4 is 5.32 Å². The predicted molar refractivity (Wildman–Crippen MR) is 105 cm³/mol. The van der Waals surface area contributed by atoms with Gasteiger partial charge in [0.2, 0.25) is 5.91 Å². The second-order valence-corrected chi connectivity index (χ2v) is 8.57. The number of aryl methyl sites for hydroxylation is 1.